The average molecular weight is 249 g/mol. The average Bonchev–Trinajstić information content (AvgIpc) is 2.71. The number of carbonyl (C=O) groups is 1. The van der Waals surface area contributed by atoms with Crippen molar-refractivity contribution in [2.45, 2.75) is 12.3 Å². The molecule has 6 heteroatoms. The highest BCUT2D eigenvalue weighted by Gasteiger charge is 2.22. The molecule has 1 atom stereocenters. The number of aliphatic carboxylic acids is 1. The van der Waals surface area contributed by atoms with Crippen LogP contribution in [0.4, 0.5) is 4.39 Å². The van der Waals surface area contributed by atoms with Crippen LogP contribution in [0.25, 0.3) is 0 Å². The number of rotatable bonds is 4. The molecular formula is C12H12FN3O2. The summed E-state index contributed by atoms with van der Waals surface area (Å²) >= 11 is 0. The summed E-state index contributed by atoms with van der Waals surface area (Å²) in [5.74, 6) is -2.28. The maximum atomic E-state index is 13.1. The van der Waals surface area contributed by atoms with Crippen LogP contribution in [0.15, 0.2) is 30.5 Å². The maximum absolute atomic E-state index is 13.1. The van der Waals surface area contributed by atoms with E-state index in [9.17, 15) is 14.3 Å². The van der Waals surface area contributed by atoms with Crippen molar-refractivity contribution in [3.05, 3.63) is 47.5 Å². The summed E-state index contributed by atoms with van der Waals surface area (Å²) in [6.07, 6.45) is 1.84. The van der Waals surface area contributed by atoms with Gasteiger partial charge in [0.2, 0.25) is 0 Å². The lowest BCUT2D eigenvalue weighted by atomic mass is 9.94. The number of hydrogen-bond donors (Lipinski definition) is 1. The monoisotopic (exact) mass is 249 g/mol. The minimum atomic E-state index is -1.01. The summed E-state index contributed by atoms with van der Waals surface area (Å²) in [5, 5.41) is 16.8. The first-order chi connectivity index (χ1) is 8.56. The van der Waals surface area contributed by atoms with E-state index in [1.807, 2.05) is 0 Å². The topological polar surface area (TPSA) is 68.0 Å². The Hall–Kier alpha value is -2.24. The zero-order chi connectivity index (χ0) is 13.1. The van der Waals surface area contributed by atoms with Crippen molar-refractivity contribution in [2.75, 3.05) is 0 Å². The summed E-state index contributed by atoms with van der Waals surface area (Å²) in [6.45, 7) is 0. The molecule has 2 rings (SSSR count). The van der Waals surface area contributed by atoms with Gasteiger partial charge in [-0.3, -0.25) is 9.48 Å². The van der Waals surface area contributed by atoms with E-state index < -0.39 is 17.7 Å². The Balaban J connectivity index is 2.26. The largest absolute Gasteiger partial charge is 0.481 e. The molecule has 94 valence electrons. The number of aromatic nitrogens is 3. The Labute approximate surface area is 103 Å². The van der Waals surface area contributed by atoms with Crippen LogP contribution in [0.3, 0.4) is 0 Å². The molecule has 0 bridgehead atoms. The van der Waals surface area contributed by atoms with Crippen LogP contribution in [0.1, 0.15) is 17.2 Å². The number of benzene rings is 1. The Morgan fingerprint density at radius 1 is 1.56 bits per heavy atom. The van der Waals surface area contributed by atoms with Crippen molar-refractivity contribution in [2.24, 2.45) is 7.05 Å². The van der Waals surface area contributed by atoms with Crippen LogP contribution < -0.4 is 0 Å². The minimum Gasteiger partial charge on any atom is -0.481 e. The van der Waals surface area contributed by atoms with Gasteiger partial charge in [-0.25, -0.2) is 4.39 Å². The zero-order valence-electron chi connectivity index (χ0n) is 9.75. The van der Waals surface area contributed by atoms with E-state index in [4.69, 9.17) is 0 Å². The van der Waals surface area contributed by atoms with Crippen molar-refractivity contribution < 1.29 is 14.3 Å². The fourth-order valence-corrected chi connectivity index (χ4v) is 1.77. The molecule has 0 amide bonds. The standard InChI is InChI=1S/C12H12FN3O2/c1-16-7-10(14-15-16)6-11(12(17)18)8-3-2-4-9(13)5-8/h2-5,7,11H,6H2,1H3,(H,17,18). The third kappa shape index (κ3) is 2.71. The Kier molecular flexibility index (Phi) is 3.36. The smallest absolute Gasteiger partial charge is 0.311 e. The van der Waals surface area contributed by atoms with Crippen LogP contribution >= 0.6 is 0 Å². The van der Waals surface area contributed by atoms with Crippen molar-refractivity contribution in [3.63, 3.8) is 0 Å². The molecule has 0 aliphatic rings. The summed E-state index contributed by atoms with van der Waals surface area (Å²) in [5.41, 5.74) is 0.988. The highest BCUT2D eigenvalue weighted by atomic mass is 19.1. The van der Waals surface area contributed by atoms with Crippen LogP contribution in [0.5, 0.6) is 0 Å². The lowest BCUT2D eigenvalue weighted by molar-refractivity contribution is -0.138. The molecule has 0 saturated carbocycles. The van der Waals surface area contributed by atoms with Gasteiger partial charge >= 0.3 is 5.97 Å². The molecule has 18 heavy (non-hydrogen) atoms. The van der Waals surface area contributed by atoms with Crippen molar-refractivity contribution >= 4 is 5.97 Å². The van der Waals surface area contributed by atoms with Gasteiger partial charge in [-0.05, 0) is 17.7 Å². The van der Waals surface area contributed by atoms with Crippen molar-refractivity contribution in [1.29, 1.82) is 0 Å². The SMILES string of the molecule is Cn1cc(CC(C(=O)O)c2cccc(F)c2)nn1. The highest BCUT2D eigenvalue weighted by molar-refractivity contribution is 5.76. The first-order valence-corrected chi connectivity index (χ1v) is 5.39. The van der Waals surface area contributed by atoms with E-state index in [1.165, 1.54) is 22.9 Å². The molecule has 0 aliphatic heterocycles. The number of nitrogens with zero attached hydrogens (tertiary/aromatic N) is 3. The molecule has 1 unspecified atom stereocenters. The Morgan fingerprint density at radius 2 is 2.33 bits per heavy atom. The predicted octanol–water partition coefficient (Wildman–Crippen LogP) is 1.37. The number of carboxylic acid groups (broad SMARTS) is 1. The first-order valence-electron chi connectivity index (χ1n) is 5.39. The zero-order valence-corrected chi connectivity index (χ0v) is 9.75. The van der Waals surface area contributed by atoms with Gasteiger partial charge in [0.25, 0.3) is 0 Å². The van der Waals surface area contributed by atoms with Gasteiger partial charge in [-0.15, -0.1) is 5.10 Å². The predicted molar refractivity (Wildman–Crippen MR) is 61.5 cm³/mol. The quantitative estimate of drug-likeness (QED) is 0.888. The third-order valence-corrected chi connectivity index (χ3v) is 2.61. The first kappa shape index (κ1) is 12.2. The number of halogens is 1. The molecule has 0 saturated heterocycles. The van der Waals surface area contributed by atoms with Gasteiger partial charge < -0.3 is 5.11 Å². The molecule has 0 spiro atoms. The number of carboxylic acids is 1. The molecule has 2 aromatic rings. The van der Waals surface area contributed by atoms with Crippen LogP contribution in [-0.2, 0) is 18.3 Å². The second kappa shape index (κ2) is 4.95. The highest BCUT2D eigenvalue weighted by Crippen LogP contribution is 2.21. The van der Waals surface area contributed by atoms with Gasteiger partial charge in [-0.1, -0.05) is 17.3 Å². The molecule has 1 aromatic carbocycles. The minimum absolute atomic E-state index is 0.187. The summed E-state index contributed by atoms with van der Waals surface area (Å²) in [4.78, 5) is 11.2. The number of aryl methyl sites for hydroxylation is 1. The molecule has 0 fully saturated rings. The molecule has 5 nitrogen and oxygen atoms in total. The maximum Gasteiger partial charge on any atom is 0.311 e. The second-order valence-electron chi connectivity index (χ2n) is 4.03. The van der Waals surface area contributed by atoms with E-state index >= 15 is 0 Å². The fourth-order valence-electron chi connectivity index (χ4n) is 1.77. The number of hydrogen-bond acceptors (Lipinski definition) is 3. The lowest BCUT2D eigenvalue weighted by Gasteiger charge is -2.10. The van der Waals surface area contributed by atoms with Gasteiger partial charge in [0.1, 0.15) is 5.82 Å². The van der Waals surface area contributed by atoms with Crippen LogP contribution in [0.2, 0.25) is 0 Å². The van der Waals surface area contributed by atoms with Gasteiger partial charge in [0, 0.05) is 19.7 Å². The molecule has 1 N–H and O–H groups in total. The molecule has 1 heterocycles. The molecule has 0 aliphatic carbocycles. The summed E-state index contributed by atoms with van der Waals surface area (Å²) in [7, 11) is 1.70. The molecule has 1 aromatic heterocycles. The van der Waals surface area contributed by atoms with Gasteiger partial charge in [0.15, 0.2) is 0 Å². The van der Waals surface area contributed by atoms with Gasteiger partial charge in [0.05, 0.1) is 11.6 Å². The normalized spacial score (nSPS) is 12.3. The van der Waals surface area contributed by atoms with Crippen molar-refractivity contribution in [3.8, 4) is 0 Å². The van der Waals surface area contributed by atoms with E-state index in [2.05, 4.69) is 10.3 Å². The molecular weight excluding hydrogens is 237 g/mol. The third-order valence-electron chi connectivity index (χ3n) is 2.61. The molecule has 0 radical (unpaired) electrons. The van der Waals surface area contributed by atoms with E-state index in [0.29, 0.717) is 11.3 Å². The summed E-state index contributed by atoms with van der Waals surface area (Å²) < 4.78 is 14.6. The van der Waals surface area contributed by atoms with Crippen LogP contribution in [-0.4, -0.2) is 26.1 Å². The second-order valence-corrected chi connectivity index (χ2v) is 4.03. The van der Waals surface area contributed by atoms with Crippen LogP contribution in [0, 0.1) is 5.82 Å². The van der Waals surface area contributed by atoms with E-state index in [0.717, 1.165) is 0 Å². The Morgan fingerprint density at radius 3 is 2.89 bits per heavy atom. The Bertz CT molecular complexity index is 568. The van der Waals surface area contributed by atoms with E-state index in [-0.39, 0.29) is 6.42 Å². The lowest BCUT2D eigenvalue weighted by Crippen LogP contribution is -2.15. The van der Waals surface area contributed by atoms with Gasteiger partial charge in [-0.2, -0.15) is 0 Å². The van der Waals surface area contributed by atoms with E-state index in [1.54, 1.807) is 19.3 Å². The van der Waals surface area contributed by atoms with Crippen molar-refractivity contribution in [1.82, 2.24) is 15.0 Å². The summed E-state index contributed by atoms with van der Waals surface area (Å²) in [6, 6.07) is 5.61. The fraction of sp³-hybridized carbons (Fsp3) is 0.250.